The van der Waals surface area contributed by atoms with Crippen LogP contribution in [-0.2, 0) is 10.0 Å². The molecule has 2 aromatic rings. The Morgan fingerprint density at radius 2 is 1.81 bits per heavy atom. The van der Waals surface area contributed by atoms with E-state index in [1.54, 1.807) is 0 Å². The number of rotatable bonds is 8. The highest BCUT2D eigenvalue weighted by Gasteiger charge is 2.18. The van der Waals surface area contributed by atoms with Gasteiger partial charge in [0.15, 0.2) is 0 Å². The third kappa shape index (κ3) is 6.04. The standard InChI is InChI=1S/C19H24FN3O3S/c1-13(2)10-17(12-21)22-19(24)14-4-3-5-18(11-14)27(25,26)23-16-8-6-15(20)7-9-16/h3-9,11,13,17,23H,10,12,21H2,1-2H3,(H,22,24). The van der Waals surface area contributed by atoms with Crippen molar-refractivity contribution in [2.45, 2.75) is 31.2 Å². The van der Waals surface area contributed by atoms with Crippen molar-refractivity contribution >= 4 is 21.6 Å². The van der Waals surface area contributed by atoms with Crippen LogP contribution < -0.4 is 15.8 Å². The van der Waals surface area contributed by atoms with Gasteiger partial charge >= 0.3 is 0 Å². The second-order valence-corrected chi connectivity index (χ2v) is 8.36. The lowest BCUT2D eigenvalue weighted by Crippen LogP contribution is -2.41. The fourth-order valence-corrected chi connectivity index (χ4v) is 3.69. The number of anilines is 1. The number of benzene rings is 2. The van der Waals surface area contributed by atoms with Crippen molar-refractivity contribution in [3.63, 3.8) is 0 Å². The number of sulfonamides is 1. The molecule has 0 saturated carbocycles. The van der Waals surface area contributed by atoms with Crippen LogP contribution in [-0.4, -0.2) is 26.9 Å². The van der Waals surface area contributed by atoms with E-state index in [1.807, 2.05) is 13.8 Å². The van der Waals surface area contributed by atoms with Crippen molar-refractivity contribution in [3.05, 3.63) is 59.9 Å². The Hall–Kier alpha value is -2.45. The van der Waals surface area contributed by atoms with Gasteiger partial charge in [0.05, 0.1) is 4.90 Å². The van der Waals surface area contributed by atoms with Crippen molar-refractivity contribution in [3.8, 4) is 0 Å². The van der Waals surface area contributed by atoms with Gasteiger partial charge in [0.1, 0.15) is 5.82 Å². The first-order chi connectivity index (χ1) is 12.7. The van der Waals surface area contributed by atoms with E-state index >= 15 is 0 Å². The Balaban J connectivity index is 2.17. The molecule has 0 aliphatic heterocycles. The van der Waals surface area contributed by atoms with Crippen LogP contribution in [0, 0.1) is 11.7 Å². The smallest absolute Gasteiger partial charge is 0.261 e. The summed E-state index contributed by atoms with van der Waals surface area (Å²) >= 11 is 0. The van der Waals surface area contributed by atoms with E-state index in [9.17, 15) is 17.6 Å². The maximum atomic E-state index is 13.0. The Morgan fingerprint density at radius 1 is 1.15 bits per heavy atom. The molecule has 0 aliphatic rings. The maximum absolute atomic E-state index is 13.0. The second-order valence-electron chi connectivity index (χ2n) is 6.68. The van der Waals surface area contributed by atoms with Gasteiger partial charge < -0.3 is 11.1 Å². The lowest BCUT2D eigenvalue weighted by molar-refractivity contribution is 0.0933. The number of hydrogen-bond donors (Lipinski definition) is 3. The molecule has 0 saturated heterocycles. The number of amides is 1. The van der Waals surface area contributed by atoms with Gasteiger partial charge in [-0.15, -0.1) is 0 Å². The van der Waals surface area contributed by atoms with Crippen LogP contribution in [0.1, 0.15) is 30.6 Å². The normalized spacial score (nSPS) is 12.6. The number of halogens is 1. The Morgan fingerprint density at radius 3 is 2.41 bits per heavy atom. The minimum atomic E-state index is -3.91. The zero-order valence-corrected chi connectivity index (χ0v) is 16.1. The summed E-state index contributed by atoms with van der Waals surface area (Å²) in [6.07, 6.45) is 0.729. The zero-order valence-electron chi connectivity index (χ0n) is 15.3. The molecule has 0 spiro atoms. The minimum Gasteiger partial charge on any atom is -0.348 e. The molecule has 1 atom stereocenters. The molecule has 1 unspecified atom stereocenters. The van der Waals surface area contributed by atoms with Crippen LogP contribution in [0.4, 0.5) is 10.1 Å². The summed E-state index contributed by atoms with van der Waals surface area (Å²) in [5.41, 5.74) is 6.15. The topological polar surface area (TPSA) is 101 Å². The fourth-order valence-electron chi connectivity index (χ4n) is 2.59. The summed E-state index contributed by atoms with van der Waals surface area (Å²) < 4.78 is 40.4. The molecule has 1 amide bonds. The third-order valence-electron chi connectivity index (χ3n) is 3.88. The van der Waals surface area contributed by atoms with E-state index < -0.39 is 15.8 Å². The molecule has 0 radical (unpaired) electrons. The number of carbonyl (C=O) groups is 1. The Labute approximate surface area is 159 Å². The third-order valence-corrected chi connectivity index (χ3v) is 5.26. The van der Waals surface area contributed by atoms with E-state index in [1.165, 1.54) is 36.4 Å². The predicted molar refractivity (Wildman–Crippen MR) is 103 cm³/mol. The SMILES string of the molecule is CC(C)CC(CN)NC(=O)c1cccc(S(=O)(=O)Nc2ccc(F)cc2)c1. The molecule has 8 heteroatoms. The first-order valence-electron chi connectivity index (χ1n) is 8.60. The molecule has 0 aromatic heterocycles. The van der Waals surface area contributed by atoms with Gasteiger partial charge in [-0.2, -0.15) is 0 Å². The molecular formula is C19H24FN3O3S. The predicted octanol–water partition coefficient (Wildman–Crippen LogP) is 2.73. The average molecular weight is 393 g/mol. The number of hydrogen-bond acceptors (Lipinski definition) is 4. The molecule has 0 aliphatic carbocycles. The molecule has 2 rings (SSSR count). The summed E-state index contributed by atoms with van der Waals surface area (Å²) in [6.45, 7) is 4.36. The second kappa shape index (κ2) is 8.96. The van der Waals surface area contributed by atoms with Crippen LogP contribution >= 0.6 is 0 Å². The van der Waals surface area contributed by atoms with Crippen molar-refractivity contribution in [2.24, 2.45) is 11.7 Å². The molecule has 0 heterocycles. The highest BCUT2D eigenvalue weighted by Crippen LogP contribution is 2.18. The average Bonchev–Trinajstić information content (AvgIpc) is 2.62. The van der Waals surface area contributed by atoms with E-state index in [2.05, 4.69) is 10.0 Å². The molecular weight excluding hydrogens is 369 g/mol. The van der Waals surface area contributed by atoms with E-state index in [0.29, 0.717) is 12.5 Å². The van der Waals surface area contributed by atoms with Gasteiger partial charge in [-0.1, -0.05) is 19.9 Å². The summed E-state index contributed by atoms with van der Waals surface area (Å²) in [5.74, 6) is -0.483. The zero-order chi connectivity index (χ0) is 20.0. The van der Waals surface area contributed by atoms with Gasteiger partial charge in [0.2, 0.25) is 0 Å². The summed E-state index contributed by atoms with van der Waals surface area (Å²) in [4.78, 5) is 12.4. The molecule has 27 heavy (non-hydrogen) atoms. The minimum absolute atomic E-state index is 0.0624. The highest BCUT2D eigenvalue weighted by atomic mass is 32.2. The number of carbonyl (C=O) groups excluding carboxylic acids is 1. The van der Waals surface area contributed by atoms with Gasteiger partial charge in [-0.3, -0.25) is 9.52 Å². The first-order valence-corrected chi connectivity index (χ1v) is 10.1. The molecule has 6 nitrogen and oxygen atoms in total. The Kier molecular flexibility index (Phi) is 6.92. The molecule has 146 valence electrons. The van der Waals surface area contributed by atoms with E-state index in [4.69, 9.17) is 5.73 Å². The van der Waals surface area contributed by atoms with Crippen molar-refractivity contribution in [1.29, 1.82) is 0 Å². The number of nitrogens with one attached hydrogen (secondary N) is 2. The van der Waals surface area contributed by atoms with E-state index in [-0.39, 0.29) is 28.1 Å². The largest absolute Gasteiger partial charge is 0.348 e. The van der Waals surface area contributed by atoms with Gasteiger partial charge in [0.25, 0.3) is 15.9 Å². The quantitative estimate of drug-likeness (QED) is 0.642. The van der Waals surface area contributed by atoms with Gasteiger partial charge in [-0.05, 0) is 54.8 Å². The number of nitrogens with two attached hydrogens (primary N) is 1. The van der Waals surface area contributed by atoms with Crippen LogP contribution in [0.25, 0.3) is 0 Å². The van der Waals surface area contributed by atoms with E-state index in [0.717, 1.165) is 18.6 Å². The molecule has 4 N–H and O–H groups in total. The van der Waals surface area contributed by atoms with Crippen LogP contribution in [0.2, 0.25) is 0 Å². The van der Waals surface area contributed by atoms with Crippen LogP contribution in [0.3, 0.4) is 0 Å². The summed E-state index contributed by atoms with van der Waals surface area (Å²) in [5, 5.41) is 2.83. The molecule has 0 fully saturated rings. The highest BCUT2D eigenvalue weighted by molar-refractivity contribution is 7.92. The molecule has 2 aromatic carbocycles. The van der Waals surface area contributed by atoms with Crippen molar-refractivity contribution in [2.75, 3.05) is 11.3 Å². The Bertz CT molecular complexity index is 883. The summed E-state index contributed by atoms with van der Waals surface area (Å²) in [6, 6.07) is 10.5. The first kappa shape index (κ1) is 20.9. The molecule has 0 bridgehead atoms. The van der Waals surface area contributed by atoms with Crippen LogP contribution in [0.15, 0.2) is 53.4 Å². The van der Waals surface area contributed by atoms with Gasteiger partial charge in [0, 0.05) is 23.8 Å². The summed E-state index contributed by atoms with van der Waals surface area (Å²) in [7, 11) is -3.91. The fraction of sp³-hybridized carbons (Fsp3) is 0.316. The van der Waals surface area contributed by atoms with Gasteiger partial charge in [-0.25, -0.2) is 12.8 Å². The monoisotopic (exact) mass is 393 g/mol. The van der Waals surface area contributed by atoms with Crippen LogP contribution in [0.5, 0.6) is 0 Å². The lowest BCUT2D eigenvalue weighted by atomic mass is 10.0. The van der Waals surface area contributed by atoms with Crippen molar-refractivity contribution < 1.29 is 17.6 Å². The maximum Gasteiger partial charge on any atom is 0.261 e. The lowest BCUT2D eigenvalue weighted by Gasteiger charge is -2.19. The van der Waals surface area contributed by atoms with Crippen molar-refractivity contribution in [1.82, 2.24) is 5.32 Å².